The summed E-state index contributed by atoms with van der Waals surface area (Å²) >= 11 is 0. The van der Waals surface area contributed by atoms with Crippen molar-refractivity contribution >= 4 is 5.69 Å². The first-order chi connectivity index (χ1) is 8.13. The molecule has 0 amide bonds. The van der Waals surface area contributed by atoms with Crippen molar-refractivity contribution in [3.63, 3.8) is 0 Å². The van der Waals surface area contributed by atoms with Gasteiger partial charge in [0.25, 0.3) is 0 Å². The molecule has 0 bridgehead atoms. The van der Waals surface area contributed by atoms with Gasteiger partial charge in [-0.1, -0.05) is 53.7 Å². The molecule has 100 valence electrons. The topological polar surface area (TPSA) is 29.4 Å². The van der Waals surface area contributed by atoms with Gasteiger partial charge in [0.05, 0.1) is 0 Å². The molecule has 1 atom stereocenters. The average molecular weight is 247 g/mol. The van der Waals surface area contributed by atoms with E-state index in [4.69, 9.17) is 0 Å². The summed E-state index contributed by atoms with van der Waals surface area (Å²) in [7, 11) is 0. The molecule has 0 heterocycles. The van der Waals surface area contributed by atoms with Gasteiger partial charge in [-0.2, -0.15) is 0 Å². The monoisotopic (exact) mass is 247 g/mol. The second-order valence-electron chi connectivity index (χ2n) is 7.37. The van der Waals surface area contributed by atoms with E-state index in [-0.39, 0.29) is 5.41 Å². The Balaban J connectivity index is 3.06. The normalized spacial score (nSPS) is 14.3. The van der Waals surface area contributed by atoms with Crippen molar-refractivity contribution in [3.05, 3.63) is 34.7 Å². The highest BCUT2D eigenvalue weighted by atomic mass is 16.3. The van der Waals surface area contributed by atoms with Crippen LogP contribution in [0, 0.1) is 15.7 Å². The Hall–Kier alpha value is -1.18. The number of nitrogens with zero attached hydrogens (tertiary/aromatic N) is 1. The summed E-state index contributed by atoms with van der Waals surface area (Å²) in [5, 5.41) is 2.96. The number of hydrogen-bond donors (Lipinski definition) is 0. The molecule has 0 saturated carbocycles. The molecule has 2 nitrogen and oxygen atoms in total. The van der Waals surface area contributed by atoms with Crippen LogP contribution in [0.4, 0.5) is 5.69 Å². The molecular formula is C16H25NO. The smallest absolute Gasteiger partial charge is 0.108 e. The average Bonchev–Trinajstić information content (AvgIpc) is 2.24. The minimum absolute atomic E-state index is 0.212. The predicted molar refractivity (Wildman–Crippen MR) is 78.2 cm³/mol. The zero-order chi connectivity index (χ0) is 14.0. The fourth-order valence-electron chi connectivity index (χ4n) is 2.30. The number of nitroso groups, excluding NO2 is 1. The van der Waals surface area contributed by atoms with E-state index in [1.807, 2.05) is 24.3 Å². The van der Waals surface area contributed by atoms with Gasteiger partial charge in [-0.15, -0.1) is 4.91 Å². The van der Waals surface area contributed by atoms with Crippen LogP contribution in [0.15, 0.2) is 29.4 Å². The first-order valence-corrected chi connectivity index (χ1v) is 6.57. The number of rotatable bonds is 3. The van der Waals surface area contributed by atoms with Crippen LogP contribution in [0.2, 0.25) is 0 Å². The molecule has 0 aliphatic heterocycles. The molecule has 0 radical (unpaired) electrons. The Labute approximate surface area is 111 Å². The van der Waals surface area contributed by atoms with Gasteiger partial charge in [0.15, 0.2) is 0 Å². The largest absolute Gasteiger partial charge is 0.145 e. The maximum atomic E-state index is 10.5. The highest BCUT2D eigenvalue weighted by Crippen LogP contribution is 2.43. The lowest BCUT2D eigenvalue weighted by atomic mass is 9.69. The van der Waals surface area contributed by atoms with Crippen LogP contribution in [0.25, 0.3) is 0 Å². The fourth-order valence-corrected chi connectivity index (χ4v) is 2.30. The van der Waals surface area contributed by atoms with Crippen molar-refractivity contribution in [3.8, 4) is 0 Å². The summed E-state index contributed by atoms with van der Waals surface area (Å²) in [4.78, 5) is 10.5. The highest BCUT2D eigenvalue weighted by Gasteiger charge is 2.30. The molecule has 18 heavy (non-hydrogen) atoms. The van der Waals surface area contributed by atoms with E-state index in [1.165, 1.54) is 5.56 Å². The van der Waals surface area contributed by atoms with Gasteiger partial charge >= 0.3 is 0 Å². The molecule has 0 fully saturated rings. The lowest BCUT2D eigenvalue weighted by Crippen LogP contribution is -2.23. The Kier molecular flexibility index (Phi) is 4.31. The summed E-state index contributed by atoms with van der Waals surface area (Å²) in [5.74, 6) is 0.484. The summed E-state index contributed by atoms with van der Waals surface area (Å²) < 4.78 is 0. The van der Waals surface area contributed by atoms with E-state index >= 15 is 0 Å². The van der Waals surface area contributed by atoms with Crippen molar-refractivity contribution < 1.29 is 0 Å². The van der Waals surface area contributed by atoms with Crippen LogP contribution in [-0.4, -0.2) is 0 Å². The first kappa shape index (κ1) is 14.9. The molecule has 1 aromatic rings. The first-order valence-electron chi connectivity index (χ1n) is 6.57. The molecule has 0 aliphatic rings. The van der Waals surface area contributed by atoms with Crippen molar-refractivity contribution in [2.45, 2.75) is 53.9 Å². The molecule has 0 spiro atoms. The van der Waals surface area contributed by atoms with Crippen LogP contribution in [0.1, 0.15) is 59.4 Å². The minimum Gasteiger partial charge on any atom is -0.145 e. The third-order valence-corrected chi connectivity index (χ3v) is 3.26. The zero-order valence-corrected chi connectivity index (χ0v) is 12.4. The third-order valence-electron chi connectivity index (χ3n) is 3.26. The quantitative estimate of drug-likeness (QED) is 0.634. The van der Waals surface area contributed by atoms with Crippen LogP contribution >= 0.6 is 0 Å². The highest BCUT2D eigenvalue weighted by molar-refractivity contribution is 5.39. The lowest BCUT2D eigenvalue weighted by molar-refractivity contribution is 0.229. The van der Waals surface area contributed by atoms with E-state index < -0.39 is 0 Å². The summed E-state index contributed by atoms with van der Waals surface area (Å²) in [5.41, 5.74) is 2.30. The summed E-state index contributed by atoms with van der Waals surface area (Å²) in [6.07, 6.45) is 1.13. The molecule has 0 N–H and O–H groups in total. The van der Waals surface area contributed by atoms with Crippen LogP contribution in [-0.2, 0) is 0 Å². The standard InChI is InChI=1S/C16H25NO/c1-15(2,3)11-14(16(4,5)6)12-7-9-13(17-18)10-8-12/h7-10,14H,11H2,1-6H3. The molecule has 0 saturated heterocycles. The van der Waals surface area contributed by atoms with Crippen LogP contribution in [0.5, 0.6) is 0 Å². The van der Waals surface area contributed by atoms with E-state index in [2.05, 4.69) is 46.7 Å². The zero-order valence-electron chi connectivity index (χ0n) is 12.4. The molecule has 1 unspecified atom stereocenters. The second-order valence-corrected chi connectivity index (χ2v) is 7.37. The SMILES string of the molecule is CC(C)(C)CC(c1ccc(N=O)cc1)C(C)(C)C. The molecule has 2 heteroatoms. The van der Waals surface area contributed by atoms with Gasteiger partial charge in [-0.3, -0.25) is 0 Å². The Morgan fingerprint density at radius 1 is 1.00 bits per heavy atom. The van der Waals surface area contributed by atoms with Gasteiger partial charge in [0.1, 0.15) is 5.69 Å². The molecule has 1 aromatic carbocycles. The number of hydrogen-bond acceptors (Lipinski definition) is 2. The Morgan fingerprint density at radius 3 is 1.83 bits per heavy atom. The molecule has 0 aliphatic carbocycles. The predicted octanol–water partition coefficient (Wildman–Crippen LogP) is 5.65. The maximum Gasteiger partial charge on any atom is 0.108 e. The molecular weight excluding hydrogens is 222 g/mol. The van der Waals surface area contributed by atoms with Crippen LogP contribution < -0.4 is 0 Å². The maximum absolute atomic E-state index is 10.5. The van der Waals surface area contributed by atoms with E-state index in [0.29, 0.717) is 17.0 Å². The van der Waals surface area contributed by atoms with Crippen molar-refractivity contribution in [1.82, 2.24) is 0 Å². The second kappa shape index (κ2) is 5.21. The van der Waals surface area contributed by atoms with Gasteiger partial charge < -0.3 is 0 Å². The third kappa shape index (κ3) is 4.25. The van der Waals surface area contributed by atoms with Crippen molar-refractivity contribution in [2.75, 3.05) is 0 Å². The van der Waals surface area contributed by atoms with Gasteiger partial charge in [-0.05, 0) is 46.0 Å². The lowest BCUT2D eigenvalue weighted by Gasteiger charge is -2.36. The van der Waals surface area contributed by atoms with E-state index in [1.54, 1.807) is 0 Å². The molecule has 0 aromatic heterocycles. The van der Waals surface area contributed by atoms with Gasteiger partial charge in [-0.25, -0.2) is 0 Å². The minimum atomic E-state index is 0.212. The Bertz CT molecular complexity index is 393. The fraction of sp³-hybridized carbons (Fsp3) is 0.625. The van der Waals surface area contributed by atoms with Gasteiger partial charge in [0, 0.05) is 0 Å². The summed E-state index contributed by atoms with van der Waals surface area (Å²) in [6, 6.07) is 7.70. The summed E-state index contributed by atoms with van der Waals surface area (Å²) in [6.45, 7) is 13.6. The van der Waals surface area contributed by atoms with E-state index in [0.717, 1.165) is 6.42 Å². The van der Waals surface area contributed by atoms with Crippen LogP contribution in [0.3, 0.4) is 0 Å². The molecule has 1 rings (SSSR count). The van der Waals surface area contributed by atoms with Crippen molar-refractivity contribution in [2.24, 2.45) is 16.0 Å². The van der Waals surface area contributed by atoms with Gasteiger partial charge in [0.2, 0.25) is 0 Å². The van der Waals surface area contributed by atoms with E-state index in [9.17, 15) is 4.91 Å². The number of benzene rings is 1. The Morgan fingerprint density at radius 2 is 1.50 bits per heavy atom. The van der Waals surface area contributed by atoms with Crippen molar-refractivity contribution in [1.29, 1.82) is 0 Å².